The fourth-order valence-electron chi connectivity index (χ4n) is 5.10. The number of hydrogen-bond acceptors (Lipinski definition) is 3. The molecule has 2 aromatic carbocycles. The van der Waals surface area contributed by atoms with E-state index in [1.54, 1.807) is 18.2 Å². The van der Waals surface area contributed by atoms with Crippen molar-refractivity contribution < 1.29 is 14.6 Å². The van der Waals surface area contributed by atoms with Gasteiger partial charge in [0.25, 0.3) is 0 Å². The number of aliphatic carboxylic acids is 1. The van der Waals surface area contributed by atoms with E-state index in [4.69, 9.17) is 16.3 Å². The molecule has 4 nitrogen and oxygen atoms in total. The number of rotatable bonds is 6. The highest BCUT2D eigenvalue weighted by atomic mass is 35.5. The van der Waals surface area contributed by atoms with Gasteiger partial charge >= 0.3 is 5.97 Å². The molecule has 1 atom stereocenters. The summed E-state index contributed by atoms with van der Waals surface area (Å²) in [6.07, 6.45) is 5.26. The van der Waals surface area contributed by atoms with Gasteiger partial charge in [0.05, 0.1) is 12.7 Å². The lowest BCUT2D eigenvalue weighted by Crippen LogP contribution is -2.54. The van der Waals surface area contributed by atoms with E-state index >= 15 is 0 Å². The Bertz CT molecular complexity index is 918. The Kier molecular flexibility index (Phi) is 5.41. The van der Waals surface area contributed by atoms with E-state index in [0.29, 0.717) is 24.5 Å². The van der Waals surface area contributed by atoms with Crippen molar-refractivity contribution in [3.8, 4) is 0 Å². The maximum absolute atomic E-state index is 12.3. The van der Waals surface area contributed by atoms with Gasteiger partial charge in [0.1, 0.15) is 5.54 Å². The first-order chi connectivity index (χ1) is 14.0. The van der Waals surface area contributed by atoms with Crippen LogP contribution in [0.15, 0.2) is 61.2 Å². The lowest BCUT2D eigenvalue weighted by atomic mass is 9.63. The van der Waals surface area contributed by atoms with Gasteiger partial charge in [-0.1, -0.05) is 48.0 Å². The number of carbonyl (C=O) groups is 1. The van der Waals surface area contributed by atoms with Crippen LogP contribution in [-0.2, 0) is 21.4 Å². The molecule has 1 unspecified atom stereocenters. The maximum Gasteiger partial charge on any atom is 0.329 e. The van der Waals surface area contributed by atoms with E-state index in [0.717, 1.165) is 24.9 Å². The minimum Gasteiger partial charge on any atom is -0.480 e. The van der Waals surface area contributed by atoms with Crippen LogP contribution in [0, 0.1) is 0 Å². The van der Waals surface area contributed by atoms with Crippen molar-refractivity contribution in [2.75, 3.05) is 11.9 Å². The number of fused-ring (bicyclic) bond motifs is 2. The molecule has 29 heavy (non-hydrogen) atoms. The molecule has 0 heterocycles. The second-order valence-electron chi connectivity index (χ2n) is 8.15. The number of ether oxygens (including phenoxy) is 1. The first-order valence-corrected chi connectivity index (χ1v) is 10.4. The molecule has 0 aromatic heterocycles. The fourth-order valence-corrected chi connectivity index (χ4v) is 5.29. The first-order valence-electron chi connectivity index (χ1n) is 10.1. The monoisotopic (exact) mass is 411 g/mol. The number of benzene rings is 2. The van der Waals surface area contributed by atoms with Crippen LogP contribution in [0.1, 0.15) is 36.8 Å². The van der Waals surface area contributed by atoms with Gasteiger partial charge in [0, 0.05) is 16.1 Å². The van der Waals surface area contributed by atoms with E-state index in [1.165, 1.54) is 11.1 Å². The lowest BCUT2D eigenvalue weighted by molar-refractivity contribution is -0.144. The van der Waals surface area contributed by atoms with Crippen LogP contribution in [0.3, 0.4) is 0 Å². The minimum atomic E-state index is -1.00. The highest BCUT2D eigenvalue weighted by Gasteiger charge is 2.54. The number of anilines is 1. The highest BCUT2D eigenvalue weighted by molar-refractivity contribution is 6.30. The van der Waals surface area contributed by atoms with Crippen LogP contribution < -0.4 is 5.32 Å². The predicted molar refractivity (Wildman–Crippen MR) is 116 cm³/mol. The normalized spacial score (nSPS) is 28.1. The average Bonchev–Trinajstić information content (AvgIpc) is 3.01. The summed E-state index contributed by atoms with van der Waals surface area (Å²) in [5, 5.41) is 14.0. The Balaban J connectivity index is 1.62. The zero-order valence-corrected chi connectivity index (χ0v) is 17.1. The minimum absolute atomic E-state index is 0.0517. The molecule has 0 saturated heterocycles. The SMILES string of the molecule is C=CCOC1Cc2ccccc2C12CCC(Nc1cccc(Cl)c1)(C(=O)O)CC2. The van der Waals surface area contributed by atoms with E-state index < -0.39 is 11.5 Å². The largest absolute Gasteiger partial charge is 0.480 e. The van der Waals surface area contributed by atoms with Crippen molar-refractivity contribution in [2.45, 2.75) is 49.2 Å². The highest BCUT2D eigenvalue weighted by Crippen LogP contribution is 2.52. The molecule has 152 valence electrons. The lowest BCUT2D eigenvalue weighted by Gasteiger charge is -2.46. The molecular formula is C24H26ClNO3. The van der Waals surface area contributed by atoms with Gasteiger partial charge in [0.2, 0.25) is 0 Å². The van der Waals surface area contributed by atoms with Crippen LogP contribution in [0.4, 0.5) is 5.69 Å². The summed E-state index contributed by atoms with van der Waals surface area (Å²) in [5.41, 5.74) is 2.22. The van der Waals surface area contributed by atoms with Crippen molar-refractivity contribution >= 4 is 23.3 Å². The molecule has 0 amide bonds. The molecule has 2 N–H and O–H groups in total. The number of hydrogen-bond donors (Lipinski definition) is 2. The average molecular weight is 412 g/mol. The predicted octanol–water partition coefficient (Wildman–Crippen LogP) is 5.21. The Hall–Kier alpha value is -2.30. The fraction of sp³-hybridized carbons (Fsp3) is 0.375. The van der Waals surface area contributed by atoms with E-state index in [-0.39, 0.29) is 11.5 Å². The van der Waals surface area contributed by atoms with Crippen molar-refractivity contribution in [3.63, 3.8) is 0 Å². The number of carboxylic acids is 1. The number of halogens is 1. The van der Waals surface area contributed by atoms with Crippen LogP contribution in [0.25, 0.3) is 0 Å². The molecule has 1 saturated carbocycles. The number of carboxylic acid groups (broad SMARTS) is 1. The number of nitrogens with one attached hydrogen (secondary N) is 1. The first kappa shape index (κ1) is 20.0. The van der Waals surface area contributed by atoms with E-state index in [2.05, 4.69) is 36.2 Å². The molecule has 2 aliphatic rings. The zero-order chi connectivity index (χ0) is 20.5. The molecule has 1 fully saturated rings. The summed E-state index contributed by atoms with van der Waals surface area (Å²) >= 11 is 6.10. The molecule has 0 aliphatic heterocycles. The van der Waals surface area contributed by atoms with Gasteiger partial charge < -0.3 is 15.2 Å². The van der Waals surface area contributed by atoms with Gasteiger partial charge in [0.15, 0.2) is 0 Å². The van der Waals surface area contributed by atoms with Crippen LogP contribution in [0.2, 0.25) is 5.02 Å². The van der Waals surface area contributed by atoms with Gasteiger partial charge in [-0.15, -0.1) is 6.58 Å². The summed E-state index contributed by atoms with van der Waals surface area (Å²) in [6.45, 7) is 4.29. The van der Waals surface area contributed by atoms with Crippen molar-refractivity contribution in [1.82, 2.24) is 0 Å². The molecular weight excluding hydrogens is 386 g/mol. The molecule has 2 aromatic rings. The van der Waals surface area contributed by atoms with Crippen LogP contribution >= 0.6 is 11.6 Å². The summed E-state index contributed by atoms with van der Waals surface area (Å²) in [4.78, 5) is 12.3. The third-order valence-corrected chi connectivity index (χ3v) is 6.84. The third-order valence-electron chi connectivity index (χ3n) is 6.60. The van der Waals surface area contributed by atoms with Crippen molar-refractivity contribution in [1.29, 1.82) is 0 Å². The van der Waals surface area contributed by atoms with Gasteiger partial charge in [-0.05, 0) is 61.4 Å². The maximum atomic E-state index is 12.3. The zero-order valence-electron chi connectivity index (χ0n) is 16.4. The second-order valence-corrected chi connectivity index (χ2v) is 8.59. The van der Waals surface area contributed by atoms with Crippen LogP contribution in [0.5, 0.6) is 0 Å². The van der Waals surface area contributed by atoms with Crippen LogP contribution in [-0.4, -0.2) is 29.3 Å². The van der Waals surface area contributed by atoms with Gasteiger partial charge in [-0.25, -0.2) is 4.79 Å². The van der Waals surface area contributed by atoms with Crippen molar-refractivity contribution in [2.24, 2.45) is 0 Å². The van der Waals surface area contributed by atoms with Gasteiger partial charge in [-0.2, -0.15) is 0 Å². The second kappa shape index (κ2) is 7.85. The summed E-state index contributed by atoms with van der Waals surface area (Å²) in [7, 11) is 0. The molecule has 4 rings (SSSR count). The van der Waals surface area contributed by atoms with E-state index in [1.807, 2.05) is 12.1 Å². The topological polar surface area (TPSA) is 58.6 Å². The Labute approximate surface area is 176 Å². The molecule has 1 spiro atoms. The molecule has 5 heteroatoms. The van der Waals surface area contributed by atoms with Crippen molar-refractivity contribution in [3.05, 3.63) is 77.3 Å². The van der Waals surface area contributed by atoms with Gasteiger partial charge in [-0.3, -0.25) is 0 Å². The molecule has 2 aliphatic carbocycles. The smallest absolute Gasteiger partial charge is 0.329 e. The summed E-state index contributed by atoms with van der Waals surface area (Å²) in [6, 6.07) is 15.7. The quantitative estimate of drug-likeness (QED) is 0.640. The molecule has 0 radical (unpaired) electrons. The Morgan fingerprint density at radius 3 is 2.66 bits per heavy atom. The molecule has 0 bridgehead atoms. The third kappa shape index (κ3) is 3.56. The van der Waals surface area contributed by atoms with E-state index in [9.17, 15) is 9.90 Å². The Morgan fingerprint density at radius 2 is 1.97 bits per heavy atom. The summed E-state index contributed by atoms with van der Waals surface area (Å²) < 4.78 is 6.19. The summed E-state index contributed by atoms with van der Waals surface area (Å²) in [5.74, 6) is -0.817. The standard InChI is InChI=1S/C24H26ClNO3/c1-2-14-29-21-15-17-6-3-4-9-20(17)23(21)10-12-24(13-11-23,22(27)28)26-19-8-5-7-18(25)16-19/h2-9,16,21,26H,1,10-15H2,(H,27,28). The Morgan fingerprint density at radius 1 is 1.21 bits per heavy atom.